The van der Waals surface area contributed by atoms with Gasteiger partial charge in [0, 0.05) is 6.42 Å². The van der Waals surface area contributed by atoms with E-state index in [1.54, 1.807) is 42.5 Å². The largest absolute Gasteiger partial charge is 0.508 e. The van der Waals surface area contributed by atoms with E-state index in [1.807, 2.05) is 6.26 Å². The minimum Gasteiger partial charge on any atom is -0.508 e. The van der Waals surface area contributed by atoms with Crippen LogP contribution in [0.25, 0.3) is 0 Å². The molecule has 4 atom stereocenters. The van der Waals surface area contributed by atoms with Crippen LogP contribution in [-0.4, -0.2) is 102 Å². The molecule has 2 rings (SSSR count). The molecule has 0 aliphatic carbocycles. The number of carboxylic acids is 1. The number of aromatic hydroxyl groups is 1. The maximum absolute atomic E-state index is 13.5. The number of phenols is 1. The molecule has 15 nitrogen and oxygen atoms in total. The summed E-state index contributed by atoms with van der Waals surface area (Å²) in [5, 5.41) is 31.6. The Bertz CT molecular complexity index is 1380. The summed E-state index contributed by atoms with van der Waals surface area (Å²) in [6.45, 7) is -0.565. The van der Waals surface area contributed by atoms with Gasteiger partial charge < -0.3 is 48.3 Å². The summed E-state index contributed by atoms with van der Waals surface area (Å²) in [5.41, 5.74) is 12.9. The van der Waals surface area contributed by atoms with Gasteiger partial charge in [-0.05, 0) is 73.9 Å². The summed E-state index contributed by atoms with van der Waals surface area (Å²) in [6.07, 6.45) is 3.55. The van der Waals surface area contributed by atoms with Gasteiger partial charge in [-0.2, -0.15) is 11.8 Å². The molecule has 0 fully saturated rings. The van der Waals surface area contributed by atoms with Crippen LogP contribution in [0, 0.1) is 0 Å². The fraction of sp³-hybridized carbons (Fsp3) is 0.455. The summed E-state index contributed by atoms with van der Waals surface area (Å²) >= 11 is 1.44. The fourth-order valence-electron chi connectivity index (χ4n) is 4.62. The van der Waals surface area contributed by atoms with Crippen molar-refractivity contribution in [3.05, 3.63) is 65.7 Å². The number of unbranched alkanes of at least 4 members (excludes halogenated alkanes) is 1. The minimum absolute atomic E-state index is 0.0645. The van der Waals surface area contributed by atoms with Gasteiger partial charge in [0.2, 0.25) is 29.5 Å². The molecule has 0 spiro atoms. The van der Waals surface area contributed by atoms with Crippen LogP contribution in [0.5, 0.6) is 5.75 Å². The normalized spacial score (nSPS) is 13.2. The van der Waals surface area contributed by atoms with E-state index in [4.69, 9.17) is 11.5 Å². The number of carboxylic acid groups (broad SMARTS) is 1. The van der Waals surface area contributed by atoms with Gasteiger partial charge in [-0.25, -0.2) is 4.79 Å². The second-order valence-electron chi connectivity index (χ2n) is 11.3. The first kappa shape index (κ1) is 40.5. The van der Waals surface area contributed by atoms with Gasteiger partial charge in [0.25, 0.3) is 0 Å². The molecule has 4 unspecified atom stereocenters. The van der Waals surface area contributed by atoms with Gasteiger partial charge in [-0.15, -0.1) is 0 Å². The van der Waals surface area contributed by atoms with Crippen LogP contribution in [0.1, 0.15) is 36.8 Å². The van der Waals surface area contributed by atoms with E-state index in [1.165, 1.54) is 23.9 Å². The third-order valence-corrected chi connectivity index (χ3v) is 7.98. The lowest BCUT2D eigenvalue weighted by Gasteiger charge is -2.24. The van der Waals surface area contributed by atoms with Crippen LogP contribution in [0.2, 0.25) is 0 Å². The molecule has 49 heavy (non-hydrogen) atoms. The number of nitrogens with one attached hydrogen (secondary N) is 5. The van der Waals surface area contributed by atoms with Crippen molar-refractivity contribution in [2.45, 2.75) is 62.7 Å². The lowest BCUT2D eigenvalue weighted by atomic mass is 10.0. The lowest BCUT2D eigenvalue weighted by molar-refractivity contribution is -0.142. The first-order valence-electron chi connectivity index (χ1n) is 15.9. The third-order valence-electron chi connectivity index (χ3n) is 7.34. The van der Waals surface area contributed by atoms with E-state index in [-0.39, 0.29) is 31.4 Å². The minimum atomic E-state index is -1.20. The molecular weight excluding hydrogens is 654 g/mol. The summed E-state index contributed by atoms with van der Waals surface area (Å²) in [4.78, 5) is 76.0. The fourth-order valence-corrected chi connectivity index (χ4v) is 5.09. The van der Waals surface area contributed by atoms with Gasteiger partial charge in [0.15, 0.2) is 0 Å². The molecule has 0 aromatic heterocycles. The Morgan fingerprint density at radius 2 is 1.33 bits per heavy atom. The van der Waals surface area contributed by atoms with Crippen molar-refractivity contribution in [3.63, 3.8) is 0 Å². The van der Waals surface area contributed by atoms with Crippen LogP contribution in [0.3, 0.4) is 0 Å². The summed E-state index contributed by atoms with van der Waals surface area (Å²) in [7, 11) is 0. The number of aliphatic carboxylic acids is 1. The molecular formula is C33H47N7O8S. The predicted molar refractivity (Wildman–Crippen MR) is 185 cm³/mol. The topological polar surface area (TPSA) is 255 Å². The Kier molecular flexibility index (Phi) is 18.2. The zero-order chi connectivity index (χ0) is 36.2. The van der Waals surface area contributed by atoms with E-state index in [2.05, 4.69) is 26.6 Å². The number of hydrogen-bond donors (Lipinski definition) is 9. The number of benzene rings is 2. The quantitative estimate of drug-likeness (QED) is 0.0684. The highest BCUT2D eigenvalue weighted by atomic mass is 32.2. The van der Waals surface area contributed by atoms with Gasteiger partial charge in [-0.3, -0.25) is 24.0 Å². The van der Waals surface area contributed by atoms with Crippen molar-refractivity contribution in [1.82, 2.24) is 26.6 Å². The average Bonchev–Trinajstić information content (AvgIpc) is 3.08. The molecule has 16 heteroatoms. The Morgan fingerprint density at radius 1 is 0.714 bits per heavy atom. The van der Waals surface area contributed by atoms with Crippen LogP contribution in [0.4, 0.5) is 0 Å². The number of nitrogens with two attached hydrogens (primary N) is 2. The molecule has 11 N–H and O–H groups in total. The van der Waals surface area contributed by atoms with Crippen LogP contribution >= 0.6 is 11.8 Å². The number of thioether (sulfide) groups is 1. The monoisotopic (exact) mass is 701 g/mol. The van der Waals surface area contributed by atoms with E-state index in [0.717, 1.165) is 5.56 Å². The molecule has 0 radical (unpaired) electrons. The van der Waals surface area contributed by atoms with Crippen molar-refractivity contribution in [1.29, 1.82) is 0 Å². The van der Waals surface area contributed by atoms with Gasteiger partial charge >= 0.3 is 5.97 Å². The number of amides is 5. The number of rotatable bonds is 22. The zero-order valence-corrected chi connectivity index (χ0v) is 28.3. The summed E-state index contributed by atoms with van der Waals surface area (Å²) in [6, 6.07) is 10.7. The predicted octanol–water partition coefficient (Wildman–Crippen LogP) is -0.842. The molecule has 0 aliphatic heterocycles. The van der Waals surface area contributed by atoms with E-state index >= 15 is 0 Å². The van der Waals surface area contributed by atoms with Gasteiger partial charge in [-0.1, -0.05) is 42.5 Å². The smallest absolute Gasteiger partial charge is 0.326 e. The standard InChI is InChI=1S/C33H47N7O8S/c1-49-16-14-25(31(45)40-26(33(47)48)9-5-6-15-34)39-32(46)27(18-21-7-3-2-4-8-21)38-29(43)20-36-28(42)19-37-30(44)24(35)17-22-10-12-23(41)13-11-22/h2-4,7-8,10-13,24-27,41H,5-6,9,14-20,34-35H2,1H3,(H,36,42)(H,37,44)(H,38,43)(H,39,46)(H,40,45)(H,47,48). The summed E-state index contributed by atoms with van der Waals surface area (Å²) < 4.78 is 0. The molecule has 0 heterocycles. The highest BCUT2D eigenvalue weighted by molar-refractivity contribution is 7.98. The second kappa shape index (κ2) is 22.1. The molecule has 0 bridgehead atoms. The molecule has 5 amide bonds. The maximum Gasteiger partial charge on any atom is 0.326 e. The van der Waals surface area contributed by atoms with Crippen LogP contribution in [-0.2, 0) is 41.6 Å². The molecule has 0 saturated carbocycles. The van der Waals surface area contributed by atoms with Crippen molar-refractivity contribution in [3.8, 4) is 5.75 Å². The van der Waals surface area contributed by atoms with Gasteiger partial charge in [0.1, 0.15) is 23.9 Å². The second-order valence-corrected chi connectivity index (χ2v) is 12.3. The Hall–Kier alpha value is -4.67. The van der Waals surface area contributed by atoms with Crippen molar-refractivity contribution in [2.75, 3.05) is 31.6 Å². The van der Waals surface area contributed by atoms with Gasteiger partial charge in [0.05, 0.1) is 19.1 Å². The lowest BCUT2D eigenvalue weighted by Crippen LogP contribution is -2.57. The first-order chi connectivity index (χ1) is 23.4. The van der Waals surface area contributed by atoms with Crippen LogP contribution < -0.4 is 38.1 Å². The number of hydrogen-bond acceptors (Lipinski definition) is 10. The highest BCUT2D eigenvalue weighted by Crippen LogP contribution is 2.11. The molecule has 268 valence electrons. The Balaban J connectivity index is 2.00. The SMILES string of the molecule is CSCCC(NC(=O)C(Cc1ccccc1)NC(=O)CNC(=O)CNC(=O)C(N)Cc1ccc(O)cc1)C(=O)NC(CCCCN)C(=O)O. The van der Waals surface area contributed by atoms with E-state index in [9.17, 15) is 39.0 Å². The maximum atomic E-state index is 13.5. The average molecular weight is 702 g/mol. The van der Waals surface area contributed by atoms with Crippen molar-refractivity contribution in [2.24, 2.45) is 11.5 Å². The van der Waals surface area contributed by atoms with Crippen molar-refractivity contribution < 1.29 is 39.0 Å². The molecule has 0 saturated heterocycles. The Morgan fingerprint density at radius 3 is 1.96 bits per heavy atom. The Labute approximate surface area is 289 Å². The molecule has 0 aliphatic rings. The number of carbonyl (C=O) groups excluding carboxylic acids is 5. The summed E-state index contributed by atoms with van der Waals surface area (Å²) in [5.74, 6) is -3.92. The zero-order valence-electron chi connectivity index (χ0n) is 27.5. The van der Waals surface area contributed by atoms with E-state index in [0.29, 0.717) is 30.7 Å². The first-order valence-corrected chi connectivity index (χ1v) is 17.3. The van der Waals surface area contributed by atoms with Crippen LogP contribution in [0.15, 0.2) is 54.6 Å². The molecule has 2 aromatic rings. The number of phenolic OH excluding ortho intramolecular Hbond substituents is 1. The third kappa shape index (κ3) is 15.9. The highest BCUT2D eigenvalue weighted by Gasteiger charge is 2.29. The van der Waals surface area contributed by atoms with E-state index < -0.39 is 72.8 Å². The van der Waals surface area contributed by atoms with Crippen molar-refractivity contribution >= 4 is 47.3 Å². The number of carbonyl (C=O) groups is 6. The molecule has 2 aromatic carbocycles.